The Bertz CT molecular complexity index is 1010. The van der Waals surface area contributed by atoms with E-state index in [1.807, 2.05) is 0 Å². The third-order valence-electron chi connectivity index (χ3n) is 4.32. The molecule has 170 valence electrons. The Hall–Kier alpha value is -4.08. The van der Waals surface area contributed by atoms with E-state index in [9.17, 15) is 18.8 Å². The molecule has 0 aromatic heterocycles. The molecule has 0 heterocycles. The van der Waals surface area contributed by atoms with Crippen LogP contribution in [0.4, 0.5) is 4.39 Å². The molecule has 10 heteroatoms. The lowest BCUT2D eigenvalue weighted by atomic mass is 10.1. The summed E-state index contributed by atoms with van der Waals surface area (Å²) in [5.41, 5.74) is 0.247. The fourth-order valence-corrected chi connectivity index (χ4v) is 2.63. The lowest BCUT2D eigenvalue weighted by Gasteiger charge is -2.16. The van der Waals surface area contributed by atoms with Crippen LogP contribution in [0.3, 0.4) is 0 Å². The number of carbonyl (C=O) groups excluding carboxylic acids is 2. The van der Waals surface area contributed by atoms with E-state index in [0.717, 1.165) is 0 Å². The molecular weight excluding hydrogens is 423 g/mol. The minimum absolute atomic E-state index is 0.0867. The molecule has 0 fully saturated rings. The van der Waals surface area contributed by atoms with E-state index >= 15 is 0 Å². The minimum Gasteiger partial charge on any atom is -0.493 e. The highest BCUT2D eigenvalue weighted by atomic mass is 19.1. The van der Waals surface area contributed by atoms with Gasteiger partial charge in [0.1, 0.15) is 17.6 Å². The number of carbonyl (C=O) groups is 3. The van der Waals surface area contributed by atoms with Crippen molar-refractivity contribution in [2.75, 3.05) is 21.3 Å². The molecule has 32 heavy (non-hydrogen) atoms. The maximum atomic E-state index is 13.2. The molecule has 2 rings (SSSR count). The number of amides is 2. The van der Waals surface area contributed by atoms with E-state index in [-0.39, 0.29) is 28.5 Å². The molecule has 0 unspecified atom stereocenters. The lowest BCUT2D eigenvalue weighted by Crippen LogP contribution is -2.42. The number of methoxy groups -OCH3 is 3. The summed E-state index contributed by atoms with van der Waals surface area (Å²) in [5, 5.41) is 13.8. The monoisotopic (exact) mass is 446 g/mol. The van der Waals surface area contributed by atoms with Crippen LogP contribution in [0.5, 0.6) is 17.2 Å². The Morgan fingerprint density at radius 1 is 1.00 bits per heavy atom. The Morgan fingerprint density at radius 2 is 1.56 bits per heavy atom. The Morgan fingerprint density at radius 3 is 2.03 bits per heavy atom. The molecule has 2 aromatic rings. The normalized spacial score (nSPS) is 11.8. The van der Waals surface area contributed by atoms with Gasteiger partial charge in [-0.25, -0.2) is 4.39 Å². The van der Waals surface area contributed by atoms with E-state index in [2.05, 4.69) is 10.6 Å². The average Bonchev–Trinajstić information content (AvgIpc) is 2.78. The predicted octanol–water partition coefficient (Wildman–Crippen LogP) is 2.21. The zero-order valence-electron chi connectivity index (χ0n) is 17.9. The quantitative estimate of drug-likeness (QED) is 0.505. The van der Waals surface area contributed by atoms with Crippen LogP contribution >= 0.6 is 0 Å². The van der Waals surface area contributed by atoms with Crippen LogP contribution in [0.25, 0.3) is 6.08 Å². The molecule has 0 spiro atoms. The van der Waals surface area contributed by atoms with Gasteiger partial charge in [0, 0.05) is 5.56 Å². The second-order valence-electron chi connectivity index (χ2n) is 6.51. The maximum Gasteiger partial charge on any atom is 0.325 e. The van der Waals surface area contributed by atoms with Crippen molar-refractivity contribution < 1.29 is 38.1 Å². The summed E-state index contributed by atoms with van der Waals surface area (Å²) in [7, 11) is 4.19. The summed E-state index contributed by atoms with van der Waals surface area (Å²) >= 11 is 0. The summed E-state index contributed by atoms with van der Waals surface area (Å²) in [6.07, 6.45) is 1.29. The van der Waals surface area contributed by atoms with E-state index < -0.39 is 29.6 Å². The Kier molecular flexibility index (Phi) is 8.17. The largest absolute Gasteiger partial charge is 0.493 e. The minimum atomic E-state index is -1.25. The van der Waals surface area contributed by atoms with Crippen LogP contribution in [-0.2, 0) is 9.59 Å². The summed E-state index contributed by atoms with van der Waals surface area (Å²) < 4.78 is 28.9. The molecule has 3 N–H and O–H groups in total. The summed E-state index contributed by atoms with van der Waals surface area (Å²) in [6.45, 7) is 1.27. The fraction of sp³-hybridized carbons (Fsp3) is 0.227. The number of ether oxygens (including phenoxy) is 3. The molecule has 0 saturated heterocycles. The van der Waals surface area contributed by atoms with Crippen LogP contribution in [0.1, 0.15) is 22.8 Å². The Balaban J connectivity index is 2.42. The number of hydrogen-bond acceptors (Lipinski definition) is 6. The van der Waals surface area contributed by atoms with Gasteiger partial charge in [0.15, 0.2) is 11.5 Å². The van der Waals surface area contributed by atoms with Crippen LogP contribution < -0.4 is 24.8 Å². The third-order valence-corrected chi connectivity index (χ3v) is 4.32. The van der Waals surface area contributed by atoms with Gasteiger partial charge in [-0.2, -0.15) is 0 Å². The molecule has 0 aliphatic carbocycles. The Labute approximate surface area is 183 Å². The molecule has 2 aromatic carbocycles. The number of rotatable bonds is 9. The van der Waals surface area contributed by atoms with Crippen LogP contribution in [0.2, 0.25) is 0 Å². The van der Waals surface area contributed by atoms with Gasteiger partial charge in [0.25, 0.3) is 11.8 Å². The second-order valence-corrected chi connectivity index (χ2v) is 6.51. The second kappa shape index (κ2) is 10.8. The van der Waals surface area contributed by atoms with Gasteiger partial charge in [-0.1, -0.05) is 12.1 Å². The molecule has 0 radical (unpaired) electrons. The van der Waals surface area contributed by atoms with Crippen molar-refractivity contribution in [2.24, 2.45) is 0 Å². The molecule has 0 bridgehead atoms. The number of aliphatic carboxylic acids is 1. The van der Waals surface area contributed by atoms with Crippen molar-refractivity contribution >= 4 is 23.9 Å². The molecule has 0 aliphatic rings. The summed E-state index contributed by atoms with van der Waals surface area (Å²) in [6, 6.07) is 6.74. The molecule has 2 amide bonds. The van der Waals surface area contributed by atoms with E-state index in [1.54, 1.807) is 0 Å². The standard InChI is InChI=1S/C22H23FN2O7/c1-12(22(28)29)24-21(27)16(9-13-5-7-15(23)8-6-13)25-20(26)14-10-17(30-2)19(32-4)18(11-14)31-3/h5-12H,1-4H3,(H,24,27)(H,25,26)(H,28,29)/b16-9-/t12-/m1/s1. The van der Waals surface area contributed by atoms with Crippen molar-refractivity contribution in [1.82, 2.24) is 10.6 Å². The zero-order valence-corrected chi connectivity index (χ0v) is 17.9. The van der Waals surface area contributed by atoms with Crippen molar-refractivity contribution in [3.63, 3.8) is 0 Å². The first-order valence-corrected chi connectivity index (χ1v) is 9.32. The van der Waals surface area contributed by atoms with Crippen molar-refractivity contribution in [2.45, 2.75) is 13.0 Å². The van der Waals surface area contributed by atoms with Crippen LogP contribution in [-0.4, -0.2) is 50.3 Å². The van der Waals surface area contributed by atoms with Crippen LogP contribution in [0.15, 0.2) is 42.1 Å². The van der Waals surface area contributed by atoms with Crippen molar-refractivity contribution in [1.29, 1.82) is 0 Å². The lowest BCUT2D eigenvalue weighted by molar-refractivity contribution is -0.140. The number of hydrogen-bond donors (Lipinski definition) is 3. The van der Waals surface area contributed by atoms with Crippen molar-refractivity contribution in [3.8, 4) is 17.2 Å². The highest BCUT2D eigenvalue weighted by Gasteiger charge is 2.22. The SMILES string of the molecule is COc1cc(C(=O)N/C(=C\c2ccc(F)cc2)C(=O)N[C@H](C)C(=O)O)cc(OC)c1OC. The van der Waals surface area contributed by atoms with Gasteiger partial charge < -0.3 is 30.0 Å². The van der Waals surface area contributed by atoms with Gasteiger partial charge in [0.05, 0.1) is 21.3 Å². The highest BCUT2D eigenvalue weighted by Crippen LogP contribution is 2.38. The number of carboxylic acids is 1. The van der Waals surface area contributed by atoms with E-state index in [1.165, 1.54) is 70.7 Å². The van der Waals surface area contributed by atoms with Gasteiger partial charge in [-0.15, -0.1) is 0 Å². The molecule has 9 nitrogen and oxygen atoms in total. The number of carboxylic acid groups (broad SMARTS) is 1. The van der Waals surface area contributed by atoms with E-state index in [0.29, 0.717) is 5.56 Å². The third kappa shape index (κ3) is 5.97. The smallest absolute Gasteiger partial charge is 0.325 e. The van der Waals surface area contributed by atoms with E-state index in [4.69, 9.17) is 19.3 Å². The molecular formula is C22H23FN2O7. The molecule has 1 atom stereocenters. The van der Waals surface area contributed by atoms with Crippen LogP contribution in [0, 0.1) is 5.82 Å². The highest BCUT2D eigenvalue weighted by molar-refractivity contribution is 6.06. The molecule has 0 aliphatic heterocycles. The van der Waals surface area contributed by atoms with Gasteiger partial charge in [0.2, 0.25) is 5.75 Å². The number of benzene rings is 2. The van der Waals surface area contributed by atoms with Gasteiger partial charge in [-0.05, 0) is 42.8 Å². The molecule has 0 saturated carbocycles. The first-order chi connectivity index (χ1) is 15.2. The first-order valence-electron chi connectivity index (χ1n) is 9.32. The summed E-state index contributed by atoms with van der Waals surface area (Å²) in [4.78, 5) is 36.6. The summed E-state index contributed by atoms with van der Waals surface area (Å²) in [5.74, 6) is -2.54. The van der Waals surface area contributed by atoms with Crippen molar-refractivity contribution in [3.05, 3.63) is 59.0 Å². The number of nitrogens with one attached hydrogen (secondary N) is 2. The predicted molar refractivity (Wildman–Crippen MR) is 113 cm³/mol. The fourth-order valence-electron chi connectivity index (χ4n) is 2.63. The maximum absolute atomic E-state index is 13.2. The van der Waals surface area contributed by atoms with Gasteiger partial charge >= 0.3 is 5.97 Å². The topological polar surface area (TPSA) is 123 Å². The zero-order chi connectivity index (χ0) is 23.8. The average molecular weight is 446 g/mol. The van der Waals surface area contributed by atoms with Gasteiger partial charge in [-0.3, -0.25) is 14.4 Å². The number of halogens is 1. The first kappa shape index (κ1) is 24.2.